The van der Waals surface area contributed by atoms with Crippen LogP contribution in [0, 0.1) is 13.8 Å². The molecule has 1 unspecified atom stereocenters. The molecule has 2 aromatic rings. The molecule has 18 heavy (non-hydrogen) atoms. The molecule has 0 aromatic carbocycles. The maximum absolute atomic E-state index is 6.26. The summed E-state index contributed by atoms with van der Waals surface area (Å²) < 4.78 is 7.25. The first-order valence-electron chi connectivity index (χ1n) is 5.93. The summed E-state index contributed by atoms with van der Waals surface area (Å²) in [6, 6.07) is 2.08. The normalized spacial score (nSPS) is 12.9. The molecule has 0 saturated carbocycles. The number of nitrogens with zero attached hydrogens (tertiary/aromatic N) is 2. The molecule has 0 aliphatic carbocycles. The van der Waals surface area contributed by atoms with Crippen molar-refractivity contribution in [3.63, 3.8) is 0 Å². The molecule has 0 saturated heterocycles. The Morgan fingerprint density at radius 2 is 2.22 bits per heavy atom. The summed E-state index contributed by atoms with van der Waals surface area (Å²) in [6.07, 6.45) is 2.48. The number of nitrogens with one attached hydrogen (secondary N) is 1. The molecule has 0 amide bonds. The van der Waals surface area contributed by atoms with Crippen LogP contribution >= 0.6 is 11.6 Å². The van der Waals surface area contributed by atoms with Gasteiger partial charge in [-0.15, -0.1) is 0 Å². The van der Waals surface area contributed by atoms with Gasteiger partial charge < -0.3 is 9.73 Å². The van der Waals surface area contributed by atoms with Crippen LogP contribution in [0.25, 0.3) is 0 Å². The Bertz CT molecular complexity index is 544. The van der Waals surface area contributed by atoms with Gasteiger partial charge in [0, 0.05) is 12.6 Å². The highest BCUT2D eigenvalue weighted by molar-refractivity contribution is 6.30. The van der Waals surface area contributed by atoms with Crippen molar-refractivity contribution in [1.82, 2.24) is 15.1 Å². The van der Waals surface area contributed by atoms with Gasteiger partial charge in [0.05, 0.1) is 18.0 Å². The number of aromatic nitrogens is 2. The van der Waals surface area contributed by atoms with Gasteiger partial charge in [0.15, 0.2) is 0 Å². The third-order valence-corrected chi connectivity index (χ3v) is 3.72. The quantitative estimate of drug-likeness (QED) is 0.926. The molecule has 1 N–H and O–H groups in total. The molecule has 98 valence electrons. The Morgan fingerprint density at radius 3 is 2.67 bits per heavy atom. The molecule has 0 radical (unpaired) electrons. The van der Waals surface area contributed by atoms with E-state index in [1.54, 1.807) is 10.9 Å². The van der Waals surface area contributed by atoms with Gasteiger partial charge in [0.1, 0.15) is 10.9 Å². The van der Waals surface area contributed by atoms with Gasteiger partial charge in [-0.05, 0) is 38.9 Å². The molecule has 0 spiro atoms. The summed E-state index contributed by atoms with van der Waals surface area (Å²) in [4.78, 5) is 0. The average Bonchev–Trinajstić information content (AvgIpc) is 2.84. The standard InChI is InChI=1S/C13H18ClN3O/c1-8-5-6-18-12(8)11(15-3)7-10-9(2)16-17(4)13(10)14/h5-6,11,15H,7H2,1-4H3. The average molecular weight is 268 g/mol. The zero-order valence-electron chi connectivity index (χ0n) is 11.1. The van der Waals surface area contributed by atoms with E-state index >= 15 is 0 Å². The number of hydrogen-bond donors (Lipinski definition) is 1. The number of hydrogen-bond acceptors (Lipinski definition) is 3. The van der Waals surface area contributed by atoms with Crippen LogP contribution in [-0.4, -0.2) is 16.8 Å². The first kappa shape index (κ1) is 13.2. The largest absolute Gasteiger partial charge is 0.467 e. The van der Waals surface area contributed by atoms with Crippen molar-refractivity contribution < 1.29 is 4.42 Å². The lowest BCUT2D eigenvalue weighted by atomic mass is 10.0. The Labute approximate surface area is 112 Å². The molecule has 0 fully saturated rings. The highest BCUT2D eigenvalue weighted by Gasteiger charge is 2.20. The van der Waals surface area contributed by atoms with Crippen molar-refractivity contribution in [2.24, 2.45) is 7.05 Å². The lowest BCUT2D eigenvalue weighted by Gasteiger charge is -2.14. The number of likely N-dealkylation sites (N-methyl/N-ethyl adjacent to an activating group) is 1. The van der Waals surface area contributed by atoms with Crippen LogP contribution in [0.3, 0.4) is 0 Å². The third kappa shape index (κ3) is 2.31. The minimum Gasteiger partial charge on any atom is -0.467 e. The van der Waals surface area contributed by atoms with Crippen LogP contribution in [0.5, 0.6) is 0 Å². The molecule has 0 aliphatic rings. The fraction of sp³-hybridized carbons (Fsp3) is 0.462. The molecule has 4 nitrogen and oxygen atoms in total. The van der Waals surface area contributed by atoms with E-state index in [1.165, 1.54) is 0 Å². The van der Waals surface area contributed by atoms with E-state index in [1.807, 2.05) is 34.0 Å². The number of furan rings is 1. The fourth-order valence-electron chi connectivity index (χ4n) is 2.18. The Morgan fingerprint density at radius 1 is 1.50 bits per heavy atom. The Balaban J connectivity index is 2.29. The van der Waals surface area contributed by atoms with Crippen molar-refractivity contribution in [3.05, 3.63) is 40.1 Å². The molecule has 0 aliphatic heterocycles. The van der Waals surface area contributed by atoms with Crippen molar-refractivity contribution in [1.29, 1.82) is 0 Å². The van der Waals surface area contributed by atoms with Crippen LogP contribution in [0.2, 0.25) is 5.15 Å². The second-order valence-electron chi connectivity index (χ2n) is 4.49. The smallest absolute Gasteiger partial charge is 0.130 e. The van der Waals surface area contributed by atoms with Gasteiger partial charge in [-0.1, -0.05) is 11.6 Å². The molecule has 2 rings (SSSR count). The monoisotopic (exact) mass is 267 g/mol. The van der Waals surface area contributed by atoms with Crippen LogP contribution in [0.1, 0.15) is 28.6 Å². The SMILES string of the molecule is CNC(Cc1c(C)nn(C)c1Cl)c1occc1C. The summed E-state index contributed by atoms with van der Waals surface area (Å²) in [5.74, 6) is 0.955. The van der Waals surface area contributed by atoms with Gasteiger partial charge in [-0.25, -0.2) is 0 Å². The van der Waals surface area contributed by atoms with Crippen molar-refractivity contribution >= 4 is 11.6 Å². The van der Waals surface area contributed by atoms with Crippen molar-refractivity contribution in [3.8, 4) is 0 Å². The second kappa shape index (κ2) is 5.16. The van der Waals surface area contributed by atoms with Gasteiger partial charge in [-0.3, -0.25) is 4.68 Å². The van der Waals surface area contributed by atoms with Gasteiger partial charge in [-0.2, -0.15) is 5.10 Å². The summed E-state index contributed by atoms with van der Waals surface area (Å²) in [5, 5.41) is 8.29. The van der Waals surface area contributed by atoms with Gasteiger partial charge in [0.25, 0.3) is 0 Å². The molecule has 1 atom stereocenters. The van der Waals surface area contributed by atoms with Gasteiger partial charge in [0.2, 0.25) is 0 Å². The van der Waals surface area contributed by atoms with E-state index in [9.17, 15) is 0 Å². The number of aryl methyl sites for hydroxylation is 3. The van der Waals surface area contributed by atoms with E-state index in [0.29, 0.717) is 5.15 Å². The Kier molecular flexibility index (Phi) is 3.78. The first-order valence-corrected chi connectivity index (χ1v) is 6.31. The zero-order chi connectivity index (χ0) is 13.3. The fourth-order valence-corrected chi connectivity index (χ4v) is 2.43. The van der Waals surface area contributed by atoms with E-state index < -0.39 is 0 Å². The minimum absolute atomic E-state index is 0.111. The van der Waals surface area contributed by atoms with Crippen molar-refractivity contribution in [2.75, 3.05) is 7.05 Å². The molecule has 0 bridgehead atoms. The zero-order valence-corrected chi connectivity index (χ0v) is 11.9. The van der Waals surface area contributed by atoms with E-state index in [4.69, 9.17) is 16.0 Å². The first-order chi connectivity index (χ1) is 8.54. The van der Waals surface area contributed by atoms with Crippen LogP contribution in [0.15, 0.2) is 16.7 Å². The minimum atomic E-state index is 0.111. The number of rotatable bonds is 4. The van der Waals surface area contributed by atoms with E-state index in [2.05, 4.69) is 10.4 Å². The van der Waals surface area contributed by atoms with E-state index in [0.717, 1.165) is 29.0 Å². The lowest BCUT2D eigenvalue weighted by molar-refractivity contribution is 0.426. The molecule has 2 aromatic heterocycles. The molecule has 2 heterocycles. The highest BCUT2D eigenvalue weighted by atomic mass is 35.5. The van der Waals surface area contributed by atoms with Crippen LogP contribution < -0.4 is 5.32 Å². The number of halogens is 1. The summed E-state index contributed by atoms with van der Waals surface area (Å²) in [5.41, 5.74) is 3.17. The molecular formula is C13H18ClN3O. The Hall–Kier alpha value is -1.26. The highest BCUT2D eigenvalue weighted by Crippen LogP contribution is 2.27. The lowest BCUT2D eigenvalue weighted by Crippen LogP contribution is -2.19. The summed E-state index contributed by atoms with van der Waals surface area (Å²) >= 11 is 6.26. The predicted octanol–water partition coefficient (Wildman–Crippen LogP) is 2.79. The predicted molar refractivity (Wildman–Crippen MR) is 71.9 cm³/mol. The second-order valence-corrected chi connectivity index (χ2v) is 4.85. The third-order valence-electron chi connectivity index (χ3n) is 3.24. The van der Waals surface area contributed by atoms with E-state index in [-0.39, 0.29) is 6.04 Å². The topological polar surface area (TPSA) is 43.0 Å². The van der Waals surface area contributed by atoms with Crippen molar-refractivity contribution in [2.45, 2.75) is 26.3 Å². The summed E-state index contributed by atoms with van der Waals surface area (Å²) in [6.45, 7) is 4.02. The van der Waals surface area contributed by atoms with Gasteiger partial charge >= 0.3 is 0 Å². The molecule has 5 heteroatoms. The van der Waals surface area contributed by atoms with Crippen LogP contribution in [0.4, 0.5) is 0 Å². The van der Waals surface area contributed by atoms with Crippen LogP contribution in [-0.2, 0) is 13.5 Å². The maximum atomic E-state index is 6.26. The summed E-state index contributed by atoms with van der Waals surface area (Å²) in [7, 11) is 3.78. The molecular weight excluding hydrogens is 250 g/mol. The maximum Gasteiger partial charge on any atom is 0.130 e.